The molecule has 0 fully saturated rings. The van der Waals surface area contributed by atoms with E-state index in [1.807, 2.05) is 30.3 Å². The van der Waals surface area contributed by atoms with Gasteiger partial charge in [0.25, 0.3) is 0 Å². The maximum Gasteiger partial charge on any atom is 0.323 e. The van der Waals surface area contributed by atoms with Gasteiger partial charge in [-0.1, -0.05) is 44.2 Å². The van der Waals surface area contributed by atoms with Crippen molar-refractivity contribution >= 4 is 17.4 Å². The number of carbonyl (C=O) groups is 1. The number of rotatable bonds is 5. The predicted molar refractivity (Wildman–Crippen MR) is 111 cm³/mol. The Bertz CT molecular complexity index is 952. The summed E-state index contributed by atoms with van der Waals surface area (Å²) >= 11 is 0. The highest BCUT2D eigenvalue weighted by Gasteiger charge is 2.39. The van der Waals surface area contributed by atoms with Crippen LogP contribution in [0.5, 0.6) is 5.75 Å². The standard InChI is InChI=1S/C23H25N3O2/c1-4-23(5-2)14-16-9-6-7-12-19(16)21(20(23)15-24)26-22(27)25-17-10-8-11-18(13-17)28-3/h6-13H,4-5,14H2,1-3H3,(H2,25,26,27). The highest BCUT2D eigenvalue weighted by Crippen LogP contribution is 2.46. The fourth-order valence-corrected chi connectivity index (χ4v) is 3.91. The SMILES string of the molecule is CCC1(CC)Cc2ccccc2C(NC(=O)Nc2cccc(OC)c2)=C1C#N. The summed E-state index contributed by atoms with van der Waals surface area (Å²) in [6.07, 6.45) is 2.48. The van der Waals surface area contributed by atoms with Crippen LogP contribution >= 0.6 is 0 Å². The molecule has 0 radical (unpaired) electrons. The average molecular weight is 375 g/mol. The Kier molecular flexibility index (Phi) is 5.70. The molecule has 28 heavy (non-hydrogen) atoms. The van der Waals surface area contributed by atoms with Crippen molar-refractivity contribution in [2.24, 2.45) is 5.41 Å². The van der Waals surface area contributed by atoms with Gasteiger partial charge in [0.2, 0.25) is 0 Å². The van der Waals surface area contributed by atoms with Gasteiger partial charge in [0.05, 0.1) is 24.4 Å². The molecule has 5 nitrogen and oxygen atoms in total. The molecule has 0 aliphatic heterocycles. The summed E-state index contributed by atoms with van der Waals surface area (Å²) in [5.74, 6) is 0.661. The van der Waals surface area contributed by atoms with Crippen molar-refractivity contribution in [2.75, 3.05) is 12.4 Å². The molecule has 0 spiro atoms. The number of nitrogens with zero attached hydrogens (tertiary/aromatic N) is 1. The number of carbonyl (C=O) groups excluding carboxylic acids is 1. The predicted octanol–water partition coefficient (Wildman–Crippen LogP) is 5.11. The number of urea groups is 1. The first kappa shape index (κ1) is 19.5. The molecule has 1 aliphatic rings. The van der Waals surface area contributed by atoms with Crippen molar-refractivity contribution < 1.29 is 9.53 Å². The summed E-state index contributed by atoms with van der Waals surface area (Å²) in [5.41, 5.74) is 3.68. The van der Waals surface area contributed by atoms with Gasteiger partial charge in [-0.05, 0) is 37.0 Å². The Balaban J connectivity index is 1.97. The highest BCUT2D eigenvalue weighted by atomic mass is 16.5. The molecule has 0 heterocycles. The van der Waals surface area contributed by atoms with Gasteiger partial charge in [-0.25, -0.2) is 4.79 Å². The summed E-state index contributed by atoms with van der Waals surface area (Å²) in [6, 6.07) is 17.1. The molecule has 0 bridgehead atoms. The Morgan fingerprint density at radius 3 is 2.57 bits per heavy atom. The van der Waals surface area contributed by atoms with Crippen LogP contribution in [0.25, 0.3) is 5.70 Å². The lowest BCUT2D eigenvalue weighted by molar-refractivity contribution is 0.255. The molecule has 2 N–H and O–H groups in total. The maximum atomic E-state index is 12.7. The summed E-state index contributed by atoms with van der Waals surface area (Å²) < 4.78 is 5.20. The summed E-state index contributed by atoms with van der Waals surface area (Å²) in [6.45, 7) is 4.20. The van der Waals surface area contributed by atoms with Crippen LogP contribution in [-0.4, -0.2) is 13.1 Å². The maximum absolute atomic E-state index is 12.7. The zero-order valence-corrected chi connectivity index (χ0v) is 16.5. The monoisotopic (exact) mass is 375 g/mol. The lowest BCUT2D eigenvalue weighted by atomic mass is 9.66. The number of amides is 2. The van der Waals surface area contributed by atoms with Crippen LogP contribution in [0.3, 0.4) is 0 Å². The summed E-state index contributed by atoms with van der Waals surface area (Å²) in [4.78, 5) is 12.7. The number of benzene rings is 2. The second-order valence-electron chi connectivity index (χ2n) is 6.99. The minimum Gasteiger partial charge on any atom is -0.497 e. The van der Waals surface area contributed by atoms with E-state index in [1.54, 1.807) is 19.2 Å². The zero-order valence-electron chi connectivity index (χ0n) is 16.5. The Hall–Kier alpha value is -3.26. The largest absolute Gasteiger partial charge is 0.497 e. The van der Waals surface area contributed by atoms with E-state index in [1.165, 1.54) is 0 Å². The van der Waals surface area contributed by atoms with Gasteiger partial charge in [-0.2, -0.15) is 5.26 Å². The Morgan fingerprint density at radius 1 is 1.14 bits per heavy atom. The first-order valence-electron chi connectivity index (χ1n) is 9.52. The molecule has 0 aromatic heterocycles. The molecule has 0 saturated heterocycles. The number of nitrogens with one attached hydrogen (secondary N) is 2. The molecule has 144 valence electrons. The van der Waals surface area contributed by atoms with Crippen molar-refractivity contribution in [1.82, 2.24) is 5.32 Å². The van der Waals surface area contributed by atoms with Gasteiger partial charge in [0.1, 0.15) is 5.75 Å². The van der Waals surface area contributed by atoms with Crippen LogP contribution in [0.1, 0.15) is 37.8 Å². The molecule has 5 heteroatoms. The third kappa shape index (κ3) is 3.59. The molecule has 0 unspecified atom stereocenters. The minimum absolute atomic E-state index is 0.262. The zero-order chi connectivity index (χ0) is 20.1. The number of ether oxygens (including phenoxy) is 1. The van der Waals surface area contributed by atoms with E-state index in [2.05, 4.69) is 36.6 Å². The van der Waals surface area contributed by atoms with Gasteiger partial charge in [0.15, 0.2) is 0 Å². The number of fused-ring (bicyclic) bond motifs is 1. The lowest BCUT2D eigenvalue weighted by Gasteiger charge is -2.38. The third-order valence-corrected chi connectivity index (χ3v) is 5.63. The van der Waals surface area contributed by atoms with Gasteiger partial charge in [-0.15, -0.1) is 0 Å². The van der Waals surface area contributed by atoms with Crippen molar-refractivity contribution in [3.05, 3.63) is 65.2 Å². The van der Waals surface area contributed by atoms with E-state index >= 15 is 0 Å². The lowest BCUT2D eigenvalue weighted by Crippen LogP contribution is -2.36. The molecular weight excluding hydrogens is 350 g/mol. The van der Waals surface area contributed by atoms with Crippen LogP contribution in [0.4, 0.5) is 10.5 Å². The number of anilines is 1. The van der Waals surface area contributed by atoms with Crippen LogP contribution in [0, 0.1) is 16.7 Å². The number of hydrogen-bond donors (Lipinski definition) is 2. The smallest absolute Gasteiger partial charge is 0.323 e. The van der Waals surface area contributed by atoms with Gasteiger partial charge in [0, 0.05) is 22.7 Å². The van der Waals surface area contributed by atoms with Crippen LogP contribution in [-0.2, 0) is 6.42 Å². The first-order chi connectivity index (χ1) is 13.6. The number of allylic oxidation sites excluding steroid dienone is 1. The van der Waals surface area contributed by atoms with E-state index in [0.717, 1.165) is 30.4 Å². The quantitative estimate of drug-likeness (QED) is 0.762. The molecule has 2 aromatic carbocycles. The second kappa shape index (κ2) is 8.18. The van der Waals surface area contributed by atoms with Crippen LogP contribution < -0.4 is 15.4 Å². The third-order valence-electron chi connectivity index (χ3n) is 5.63. The van der Waals surface area contributed by atoms with Crippen molar-refractivity contribution in [3.63, 3.8) is 0 Å². The number of methoxy groups -OCH3 is 1. The molecule has 2 aromatic rings. The molecule has 0 saturated carbocycles. The molecule has 3 rings (SSSR count). The Labute approximate surface area is 166 Å². The van der Waals surface area contributed by atoms with E-state index in [0.29, 0.717) is 22.7 Å². The molecule has 0 atom stereocenters. The normalized spacial score (nSPS) is 14.6. The van der Waals surface area contributed by atoms with E-state index in [9.17, 15) is 10.1 Å². The fraction of sp³-hybridized carbons (Fsp3) is 0.304. The van der Waals surface area contributed by atoms with Gasteiger partial charge >= 0.3 is 6.03 Å². The number of hydrogen-bond acceptors (Lipinski definition) is 3. The van der Waals surface area contributed by atoms with Gasteiger partial charge in [-0.3, -0.25) is 0 Å². The van der Waals surface area contributed by atoms with E-state index in [-0.39, 0.29) is 11.4 Å². The summed E-state index contributed by atoms with van der Waals surface area (Å²) in [7, 11) is 1.58. The molecule has 2 amide bonds. The van der Waals surface area contributed by atoms with Crippen LogP contribution in [0.2, 0.25) is 0 Å². The minimum atomic E-state index is -0.381. The average Bonchev–Trinajstić information content (AvgIpc) is 2.73. The Morgan fingerprint density at radius 2 is 1.89 bits per heavy atom. The van der Waals surface area contributed by atoms with Crippen molar-refractivity contribution in [2.45, 2.75) is 33.1 Å². The van der Waals surface area contributed by atoms with E-state index in [4.69, 9.17) is 4.74 Å². The van der Waals surface area contributed by atoms with Crippen molar-refractivity contribution in [1.29, 1.82) is 5.26 Å². The molecular formula is C23H25N3O2. The first-order valence-corrected chi connectivity index (χ1v) is 9.52. The fourth-order valence-electron chi connectivity index (χ4n) is 3.91. The van der Waals surface area contributed by atoms with E-state index < -0.39 is 0 Å². The van der Waals surface area contributed by atoms with Crippen LogP contribution in [0.15, 0.2) is 54.1 Å². The molecule has 1 aliphatic carbocycles. The topological polar surface area (TPSA) is 74.2 Å². The second-order valence-corrected chi connectivity index (χ2v) is 6.99. The highest BCUT2D eigenvalue weighted by molar-refractivity contribution is 5.97. The number of nitriles is 1. The summed E-state index contributed by atoms with van der Waals surface area (Å²) in [5, 5.41) is 15.7. The van der Waals surface area contributed by atoms with Gasteiger partial charge < -0.3 is 15.4 Å². The van der Waals surface area contributed by atoms with Crippen molar-refractivity contribution in [3.8, 4) is 11.8 Å².